The number of ether oxygens (including phenoxy) is 1. The summed E-state index contributed by atoms with van der Waals surface area (Å²) in [5.41, 5.74) is 0.929. The molecule has 0 bridgehead atoms. The maximum absolute atomic E-state index is 11.2. The Bertz CT molecular complexity index is 503. The smallest absolute Gasteiger partial charge is 0.326 e. The summed E-state index contributed by atoms with van der Waals surface area (Å²) in [4.78, 5) is 11.2. The molecule has 1 saturated carbocycles. The number of hydrogen-bond acceptors (Lipinski definition) is 4. The molecule has 5 heteroatoms. The fourth-order valence-corrected chi connectivity index (χ4v) is 1.85. The molecule has 0 spiro atoms. The Kier molecular flexibility index (Phi) is 3.38. The van der Waals surface area contributed by atoms with E-state index in [9.17, 15) is 4.79 Å². The number of nitrogens with zero attached hydrogens (tertiary/aromatic N) is 1. The SMILES string of the molecule is COc1ccc(C#N)c(NC(C(=O)O)C2CC2)c1. The average molecular weight is 246 g/mol. The molecule has 1 aromatic rings. The largest absolute Gasteiger partial charge is 0.497 e. The highest BCUT2D eigenvalue weighted by atomic mass is 16.5. The highest BCUT2D eigenvalue weighted by Gasteiger charge is 2.36. The number of carboxylic acid groups (broad SMARTS) is 1. The van der Waals surface area contributed by atoms with Crippen LogP contribution in [0.2, 0.25) is 0 Å². The monoisotopic (exact) mass is 246 g/mol. The van der Waals surface area contributed by atoms with Crippen LogP contribution in [-0.4, -0.2) is 24.2 Å². The summed E-state index contributed by atoms with van der Waals surface area (Å²) < 4.78 is 5.08. The number of hydrogen-bond donors (Lipinski definition) is 2. The number of carboxylic acids is 1. The highest BCUT2D eigenvalue weighted by Crippen LogP contribution is 2.35. The lowest BCUT2D eigenvalue weighted by atomic mass is 10.1. The molecule has 1 fully saturated rings. The van der Waals surface area contributed by atoms with Gasteiger partial charge in [-0.3, -0.25) is 0 Å². The molecule has 0 aromatic heterocycles. The van der Waals surface area contributed by atoms with Gasteiger partial charge in [0.15, 0.2) is 0 Å². The van der Waals surface area contributed by atoms with Gasteiger partial charge in [0, 0.05) is 6.07 Å². The zero-order valence-electron chi connectivity index (χ0n) is 10.0. The Balaban J connectivity index is 2.25. The van der Waals surface area contributed by atoms with Gasteiger partial charge >= 0.3 is 5.97 Å². The summed E-state index contributed by atoms with van der Waals surface area (Å²) in [7, 11) is 1.53. The van der Waals surface area contributed by atoms with E-state index in [1.54, 1.807) is 18.2 Å². The quantitative estimate of drug-likeness (QED) is 0.828. The molecule has 2 N–H and O–H groups in total. The molecule has 94 valence electrons. The number of aliphatic carboxylic acids is 1. The van der Waals surface area contributed by atoms with Gasteiger partial charge in [0.1, 0.15) is 17.9 Å². The van der Waals surface area contributed by atoms with Crippen molar-refractivity contribution in [3.8, 4) is 11.8 Å². The van der Waals surface area contributed by atoms with Crippen molar-refractivity contribution >= 4 is 11.7 Å². The predicted molar refractivity (Wildman–Crippen MR) is 65.5 cm³/mol. The molecule has 1 aliphatic rings. The van der Waals surface area contributed by atoms with E-state index in [2.05, 4.69) is 5.32 Å². The molecule has 1 aromatic carbocycles. The second-order valence-electron chi connectivity index (χ2n) is 4.32. The molecular formula is C13H14N2O3. The number of methoxy groups -OCH3 is 1. The maximum Gasteiger partial charge on any atom is 0.326 e. The van der Waals surface area contributed by atoms with Gasteiger partial charge < -0.3 is 15.2 Å². The zero-order chi connectivity index (χ0) is 13.1. The molecule has 1 aliphatic carbocycles. The summed E-state index contributed by atoms with van der Waals surface area (Å²) >= 11 is 0. The Hall–Kier alpha value is -2.22. The Labute approximate surface area is 105 Å². The van der Waals surface area contributed by atoms with E-state index >= 15 is 0 Å². The van der Waals surface area contributed by atoms with Crippen molar-refractivity contribution in [3.63, 3.8) is 0 Å². The fourth-order valence-electron chi connectivity index (χ4n) is 1.85. The lowest BCUT2D eigenvalue weighted by Crippen LogP contribution is -2.31. The van der Waals surface area contributed by atoms with Crippen LogP contribution in [0.3, 0.4) is 0 Å². The molecule has 0 saturated heterocycles. The van der Waals surface area contributed by atoms with E-state index in [1.165, 1.54) is 7.11 Å². The number of anilines is 1. The first-order valence-corrected chi connectivity index (χ1v) is 5.73. The summed E-state index contributed by atoms with van der Waals surface area (Å²) in [6.45, 7) is 0. The van der Waals surface area contributed by atoms with Crippen LogP contribution in [0.1, 0.15) is 18.4 Å². The van der Waals surface area contributed by atoms with Crippen molar-refractivity contribution in [1.29, 1.82) is 5.26 Å². The van der Waals surface area contributed by atoms with Crippen LogP contribution in [0, 0.1) is 17.2 Å². The molecule has 1 unspecified atom stereocenters. The van der Waals surface area contributed by atoms with Gasteiger partial charge in [-0.2, -0.15) is 5.26 Å². The molecule has 0 radical (unpaired) electrons. The van der Waals surface area contributed by atoms with Gasteiger partial charge in [-0.1, -0.05) is 0 Å². The van der Waals surface area contributed by atoms with E-state index in [4.69, 9.17) is 15.1 Å². The molecular weight excluding hydrogens is 232 g/mol. The maximum atomic E-state index is 11.2. The van der Waals surface area contributed by atoms with Gasteiger partial charge in [0.05, 0.1) is 18.4 Å². The van der Waals surface area contributed by atoms with Crippen molar-refractivity contribution in [1.82, 2.24) is 0 Å². The minimum atomic E-state index is -0.885. The summed E-state index contributed by atoms with van der Waals surface area (Å²) in [6, 6.07) is 6.35. The molecule has 5 nitrogen and oxygen atoms in total. The first-order chi connectivity index (χ1) is 8.65. The van der Waals surface area contributed by atoms with E-state index in [-0.39, 0.29) is 5.92 Å². The lowest BCUT2D eigenvalue weighted by molar-refractivity contribution is -0.138. The Morgan fingerprint density at radius 1 is 1.61 bits per heavy atom. The van der Waals surface area contributed by atoms with Crippen LogP contribution in [-0.2, 0) is 4.79 Å². The third-order valence-electron chi connectivity index (χ3n) is 3.02. The van der Waals surface area contributed by atoms with E-state index in [1.807, 2.05) is 6.07 Å². The van der Waals surface area contributed by atoms with Crippen molar-refractivity contribution in [2.75, 3.05) is 12.4 Å². The standard InChI is InChI=1S/C13H14N2O3/c1-18-10-5-4-9(7-14)11(6-10)15-12(13(16)17)8-2-3-8/h4-6,8,12,15H,2-3H2,1H3,(H,16,17). The van der Waals surface area contributed by atoms with Crippen molar-refractivity contribution in [2.45, 2.75) is 18.9 Å². The minimum Gasteiger partial charge on any atom is -0.497 e. The molecule has 2 rings (SSSR count). The van der Waals surface area contributed by atoms with E-state index in [0.717, 1.165) is 12.8 Å². The second-order valence-corrected chi connectivity index (χ2v) is 4.32. The normalized spacial score (nSPS) is 15.6. The van der Waals surface area contributed by atoms with Gasteiger partial charge in [0.25, 0.3) is 0 Å². The van der Waals surface area contributed by atoms with E-state index < -0.39 is 12.0 Å². The molecule has 1 atom stereocenters. The Morgan fingerprint density at radius 2 is 2.33 bits per heavy atom. The van der Waals surface area contributed by atoms with Gasteiger partial charge in [-0.05, 0) is 30.9 Å². The summed E-state index contributed by atoms with van der Waals surface area (Å²) in [5, 5.41) is 21.1. The number of rotatable bonds is 5. The van der Waals surface area contributed by atoms with Crippen LogP contribution >= 0.6 is 0 Å². The van der Waals surface area contributed by atoms with E-state index in [0.29, 0.717) is 17.0 Å². The van der Waals surface area contributed by atoms with Crippen LogP contribution in [0.5, 0.6) is 5.75 Å². The summed E-state index contributed by atoms with van der Waals surface area (Å²) in [5.74, 6) is -0.138. The first kappa shape index (κ1) is 12.2. The topological polar surface area (TPSA) is 82.3 Å². The number of nitrogens with one attached hydrogen (secondary N) is 1. The third kappa shape index (κ3) is 2.54. The van der Waals surface area contributed by atoms with Gasteiger partial charge in [-0.15, -0.1) is 0 Å². The summed E-state index contributed by atoms with van der Waals surface area (Å²) in [6.07, 6.45) is 1.83. The molecule has 0 heterocycles. The number of benzene rings is 1. The predicted octanol–water partition coefficient (Wildman–Crippen LogP) is 1.84. The zero-order valence-corrected chi connectivity index (χ0v) is 10.0. The van der Waals surface area contributed by atoms with Crippen molar-refractivity contribution in [3.05, 3.63) is 23.8 Å². The van der Waals surface area contributed by atoms with Gasteiger partial charge in [0.2, 0.25) is 0 Å². The van der Waals surface area contributed by atoms with Gasteiger partial charge in [-0.25, -0.2) is 4.79 Å². The third-order valence-corrected chi connectivity index (χ3v) is 3.02. The first-order valence-electron chi connectivity index (χ1n) is 5.73. The number of nitriles is 1. The van der Waals surface area contributed by atoms with Crippen molar-refractivity contribution in [2.24, 2.45) is 5.92 Å². The average Bonchev–Trinajstić information content (AvgIpc) is 3.19. The van der Waals surface area contributed by atoms with Crippen molar-refractivity contribution < 1.29 is 14.6 Å². The highest BCUT2D eigenvalue weighted by molar-refractivity contribution is 5.79. The number of carbonyl (C=O) groups is 1. The van der Waals surface area contributed by atoms with Crippen LogP contribution in [0.15, 0.2) is 18.2 Å². The lowest BCUT2D eigenvalue weighted by Gasteiger charge is -2.16. The fraction of sp³-hybridized carbons (Fsp3) is 0.385. The molecule has 18 heavy (non-hydrogen) atoms. The minimum absolute atomic E-state index is 0.153. The van der Waals surface area contributed by atoms with Crippen LogP contribution in [0.25, 0.3) is 0 Å². The molecule has 0 amide bonds. The van der Waals surface area contributed by atoms with Crippen LogP contribution < -0.4 is 10.1 Å². The Morgan fingerprint density at radius 3 is 2.83 bits per heavy atom. The molecule has 0 aliphatic heterocycles. The second kappa shape index (κ2) is 4.96. The van der Waals surface area contributed by atoms with Crippen LogP contribution in [0.4, 0.5) is 5.69 Å².